The average Bonchev–Trinajstić information content (AvgIpc) is 3.03. The molecule has 1 N–H and O–H groups in total. The zero-order chi connectivity index (χ0) is 31.5. The first-order chi connectivity index (χ1) is 21.2. The van der Waals surface area contributed by atoms with E-state index in [1.165, 1.54) is 41.3 Å². The molecule has 0 spiro atoms. The third-order valence-electron chi connectivity index (χ3n) is 6.93. The molecule has 0 fully saturated rings. The maximum Gasteiger partial charge on any atom is 0.264 e. The lowest BCUT2D eigenvalue weighted by Gasteiger charge is -2.33. The van der Waals surface area contributed by atoms with Crippen LogP contribution in [0.25, 0.3) is 0 Å². The van der Waals surface area contributed by atoms with Crippen LogP contribution in [0.4, 0.5) is 10.1 Å². The van der Waals surface area contributed by atoms with Crippen molar-refractivity contribution < 1.29 is 27.1 Å². The molecule has 4 aromatic carbocycles. The van der Waals surface area contributed by atoms with E-state index < -0.39 is 34.3 Å². The zero-order valence-corrected chi connectivity index (χ0v) is 25.5. The van der Waals surface area contributed by atoms with Crippen molar-refractivity contribution in [2.24, 2.45) is 0 Å². The number of rotatable bonds is 14. The highest BCUT2D eigenvalue weighted by molar-refractivity contribution is 7.92. The van der Waals surface area contributed by atoms with Gasteiger partial charge in [-0.05, 0) is 73.5 Å². The molecule has 10 heteroatoms. The summed E-state index contributed by atoms with van der Waals surface area (Å²) < 4.78 is 48.4. The van der Waals surface area contributed by atoms with Crippen LogP contribution in [0.2, 0.25) is 0 Å². The van der Waals surface area contributed by atoms with E-state index in [0.29, 0.717) is 18.9 Å². The van der Waals surface area contributed by atoms with Crippen molar-refractivity contribution >= 4 is 27.5 Å². The molecule has 0 aliphatic carbocycles. The smallest absolute Gasteiger partial charge is 0.264 e. The van der Waals surface area contributed by atoms with Gasteiger partial charge in [0.05, 0.1) is 17.2 Å². The number of hydrogen-bond acceptors (Lipinski definition) is 5. The maximum absolute atomic E-state index is 14.3. The molecule has 0 aliphatic rings. The van der Waals surface area contributed by atoms with Gasteiger partial charge in [-0.1, -0.05) is 60.7 Å². The summed E-state index contributed by atoms with van der Waals surface area (Å²) in [6.07, 6.45) is 0.216. The molecule has 8 nitrogen and oxygen atoms in total. The second-order valence-corrected chi connectivity index (χ2v) is 11.9. The van der Waals surface area contributed by atoms with E-state index >= 15 is 0 Å². The first-order valence-corrected chi connectivity index (χ1v) is 15.8. The maximum atomic E-state index is 14.3. The largest absolute Gasteiger partial charge is 0.494 e. The molecule has 0 saturated heterocycles. The highest BCUT2D eigenvalue weighted by Gasteiger charge is 2.34. The Balaban J connectivity index is 1.76. The van der Waals surface area contributed by atoms with Crippen LogP contribution in [0.1, 0.15) is 25.0 Å². The Kier molecular flexibility index (Phi) is 11.1. The van der Waals surface area contributed by atoms with E-state index in [9.17, 15) is 22.4 Å². The van der Waals surface area contributed by atoms with Crippen LogP contribution in [-0.2, 0) is 32.6 Å². The average molecular weight is 618 g/mol. The van der Waals surface area contributed by atoms with Gasteiger partial charge in [0.1, 0.15) is 24.2 Å². The predicted molar refractivity (Wildman–Crippen MR) is 168 cm³/mol. The van der Waals surface area contributed by atoms with Crippen LogP contribution < -0.4 is 14.4 Å². The molecule has 2 amide bonds. The Morgan fingerprint density at radius 3 is 1.98 bits per heavy atom. The molecule has 0 saturated carbocycles. The number of hydrogen-bond donors (Lipinski definition) is 1. The molecule has 0 bridgehead atoms. The van der Waals surface area contributed by atoms with E-state index in [-0.39, 0.29) is 29.5 Å². The Morgan fingerprint density at radius 1 is 0.818 bits per heavy atom. The molecular weight excluding hydrogens is 581 g/mol. The number of halogens is 1. The molecule has 4 aromatic rings. The van der Waals surface area contributed by atoms with E-state index in [0.717, 1.165) is 27.6 Å². The summed E-state index contributed by atoms with van der Waals surface area (Å²) in [5.74, 6) is -1.01. The number of nitrogens with zero attached hydrogens (tertiary/aromatic N) is 2. The molecule has 1 unspecified atom stereocenters. The lowest BCUT2D eigenvalue weighted by Crippen LogP contribution is -2.53. The van der Waals surface area contributed by atoms with Crippen LogP contribution in [0.3, 0.4) is 0 Å². The van der Waals surface area contributed by atoms with Crippen molar-refractivity contribution in [2.75, 3.05) is 24.0 Å². The van der Waals surface area contributed by atoms with E-state index in [1.807, 2.05) is 67.6 Å². The van der Waals surface area contributed by atoms with Crippen LogP contribution >= 0.6 is 0 Å². The topological polar surface area (TPSA) is 96.0 Å². The highest BCUT2D eigenvalue weighted by Crippen LogP contribution is 2.26. The number of carbonyl (C=O) groups excluding carboxylic acids is 2. The van der Waals surface area contributed by atoms with Gasteiger partial charge in [0.25, 0.3) is 10.0 Å². The number of likely N-dealkylation sites (N-methyl/N-ethyl adjacent to an activating group) is 1. The summed E-state index contributed by atoms with van der Waals surface area (Å²) in [4.78, 5) is 29.1. The number of sulfonamides is 1. The molecule has 0 aromatic heterocycles. The molecule has 0 aliphatic heterocycles. The van der Waals surface area contributed by atoms with E-state index in [2.05, 4.69) is 5.32 Å². The van der Waals surface area contributed by atoms with Gasteiger partial charge in [-0.3, -0.25) is 13.9 Å². The number of carbonyl (C=O) groups is 2. The van der Waals surface area contributed by atoms with E-state index in [4.69, 9.17) is 4.74 Å². The number of ether oxygens (including phenoxy) is 1. The van der Waals surface area contributed by atoms with Gasteiger partial charge >= 0.3 is 0 Å². The number of anilines is 1. The number of amides is 2. The fourth-order valence-electron chi connectivity index (χ4n) is 4.76. The van der Waals surface area contributed by atoms with Crippen molar-refractivity contribution in [3.63, 3.8) is 0 Å². The standard InChI is InChI=1S/C34H36FN3O5S/c1-3-36-34(40)32(23-26-11-7-5-8-12-26)37(24-27-13-9-6-10-14-27)33(39)25-38(29-17-15-28(35)16-18-29)44(41,42)31-21-19-30(20-22-31)43-4-2/h5-22,32H,3-4,23-25H2,1-2H3,(H,36,40). The Labute approximate surface area is 258 Å². The molecule has 44 heavy (non-hydrogen) atoms. The summed E-state index contributed by atoms with van der Waals surface area (Å²) in [7, 11) is -4.31. The molecule has 230 valence electrons. The van der Waals surface area contributed by atoms with Gasteiger partial charge in [0.15, 0.2) is 0 Å². The van der Waals surface area contributed by atoms with E-state index in [1.54, 1.807) is 6.92 Å². The quantitative estimate of drug-likeness (QED) is 0.210. The Bertz CT molecular complexity index is 1620. The lowest BCUT2D eigenvalue weighted by atomic mass is 10.0. The van der Waals surface area contributed by atoms with Crippen LogP contribution in [0.5, 0.6) is 5.75 Å². The SMILES string of the molecule is CCNC(=O)C(Cc1ccccc1)N(Cc1ccccc1)C(=O)CN(c1ccc(F)cc1)S(=O)(=O)c1ccc(OCC)cc1. The van der Waals surface area contributed by atoms with Crippen molar-refractivity contribution in [3.8, 4) is 5.75 Å². The first kappa shape index (κ1) is 32.2. The number of benzene rings is 4. The second-order valence-electron chi connectivity index (χ2n) is 10.00. The first-order valence-electron chi connectivity index (χ1n) is 14.4. The molecule has 1 atom stereocenters. The summed E-state index contributed by atoms with van der Waals surface area (Å²) in [5.41, 5.74) is 1.71. The summed E-state index contributed by atoms with van der Waals surface area (Å²) >= 11 is 0. The fraction of sp³-hybridized carbons (Fsp3) is 0.235. The third-order valence-corrected chi connectivity index (χ3v) is 8.72. The molecule has 0 heterocycles. The van der Waals surface area contributed by atoms with Gasteiger partial charge in [-0.15, -0.1) is 0 Å². The van der Waals surface area contributed by atoms with Gasteiger partial charge in [-0.2, -0.15) is 0 Å². The normalized spacial score (nSPS) is 11.8. The van der Waals surface area contributed by atoms with Crippen molar-refractivity contribution in [3.05, 3.63) is 126 Å². The predicted octanol–water partition coefficient (Wildman–Crippen LogP) is 5.20. The van der Waals surface area contributed by atoms with Crippen molar-refractivity contribution in [2.45, 2.75) is 37.8 Å². The zero-order valence-electron chi connectivity index (χ0n) is 24.7. The minimum atomic E-state index is -4.31. The van der Waals surface area contributed by atoms with Gasteiger partial charge in [0.2, 0.25) is 11.8 Å². The molecular formula is C34H36FN3O5S. The number of nitrogens with one attached hydrogen (secondary N) is 1. The second kappa shape index (κ2) is 15.2. The van der Waals surface area contributed by atoms with Gasteiger partial charge in [0, 0.05) is 19.5 Å². The summed E-state index contributed by atoms with van der Waals surface area (Å²) in [6, 6.07) is 28.3. The summed E-state index contributed by atoms with van der Waals surface area (Å²) in [6.45, 7) is 3.81. The molecule has 4 rings (SSSR count). The monoisotopic (exact) mass is 617 g/mol. The van der Waals surface area contributed by atoms with Crippen LogP contribution in [0.15, 0.2) is 114 Å². The van der Waals surface area contributed by atoms with Crippen molar-refractivity contribution in [1.82, 2.24) is 10.2 Å². The minimum Gasteiger partial charge on any atom is -0.494 e. The van der Waals surface area contributed by atoms with Gasteiger partial charge in [-0.25, -0.2) is 12.8 Å². The Hall–Kier alpha value is -4.70. The van der Waals surface area contributed by atoms with Gasteiger partial charge < -0.3 is 15.0 Å². The fourth-order valence-corrected chi connectivity index (χ4v) is 6.18. The molecule has 0 radical (unpaired) electrons. The lowest BCUT2D eigenvalue weighted by molar-refractivity contribution is -0.140. The van der Waals surface area contributed by atoms with Crippen LogP contribution in [0, 0.1) is 5.82 Å². The van der Waals surface area contributed by atoms with Crippen molar-refractivity contribution in [1.29, 1.82) is 0 Å². The third kappa shape index (κ3) is 8.23. The van der Waals surface area contributed by atoms with Crippen LogP contribution in [-0.4, -0.2) is 50.9 Å². The highest BCUT2D eigenvalue weighted by atomic mass is 32.2. The Morgan fingerprint density at radius 2 is 1.41 bits per heavy atom. The minimum absolute atomic E-state index is 0.0642. The summed E-state index contributed by atoms with van der Waals surface area (Å²) in [5, 5.41) is 2.83.